The maximum atomic E-state index is 3.75. The second-order valence-electron chi connectivity index (χ2n) is 8.04. The smallest absolute Gasteiger partial charge is 0.0836 e. The Morgan fingerprint density at radius 3 is 2.71 bits per heavy atom. The van der Waals surface area contributed by atoms with Crippen molar-refractivity contribution in [3.63, 3.8) is 0 Å². The minimum Gasteiger partial charge on any atom is -0.106 e. The summed E-state index contributed by atoms with van der Waals surface area (Å²) in [6.45, 7) is 6.85. The van der Waals surface area contributed by atoms with Crippen LogP contribution in [0.5, 0.6) is 0 Å². The minimum absolute atomic E-state index is 0.401. The fourth-order valence-corrected chi connectivity index (χ4v) is 7.29. The highest BCUT2D eigenvalue weighted by atomic mass is 79.9. The molecule has 2 atom stereocenters. The van der Waals surface area contributed by atoms with Gasteiger partial charge in [-0.15, -0.1) is 11.8 Å². The molecule has 0 nitrogen and oxygen atoms in total. The summed E-state index contributed by atoms with van der Waals surface area (Å²) >= 11 is 9.39. The SMILES string of the molecule is CC1=Cc2c(C)c3c(cc2=C1CCC1C(C)=Cc2c(Br)cccc21)SC(Br)C=3. The number of allylic oxidation sites excluding steroid dienone is 2. The van der Waals surface area contributed by atoms with Gasteiger partial charge >= 0.3 is 0 Å². The van der Waals surface area contributed by atoms with Crippen LogP contribution in [0.4, 0.5) is 0 Å². The van der Waals surface area contributed by atoms with Crippen molar-refractivity contribution in [2.45, 2.75) is 48.6 Å². The molecular formula is C25H22Br2S. The van der Waals surface area contributed by atoms with Crippen LogP contribution in [0.25, 0.3) is 23.8 Å². The molecule has 0 radical (unpaired) electrons. The van der Waals surface area contributed by atoms with Crippen molar-refractivity contribution in [2.24, 2.45) is 0 Å². The molecule has 5 rings (SSSR count). The highest BCUT2D eigenvalue weighted by Crippen LogP contribution is 2.43. The van der Waals surface area contributed by atoms with E-state index in [1.165, 1.54) is 65.2 Å². The average molecular weight is 514 g/mol. The van der Waals surface area contributed by atoms with Gasteiger partial charge in [-0.1, -0.05) is 67.8 Å². The van der Waals surface area contributed by atoms with Gasteiger partial charge in [-0.2, -0.15) is 0 Å². The molecule has 3 heteroatoms. The summed E-state index contributed by atoms with van der Waals surface area (Å²) in [7, 11) is 0. The van der Waals surface area contributed by atoms with E-state index in [0.29, 0.717) is 10.1 Å². The molecule has 2 aromatic rings. The monoisotopic (exact) mass is 512 g/mol. The van der Waals surface area contributed by atoms with E-state index in [-0.39, 0.29) is 0 Å². The summed E-state index contributed by atoms with van der Waals surface area (Å²) in [5.41, 5.74) is 10.2. The predicted molar refractivity (Wildman–Crippen MR) is 130 cm³/mol. The first-order valence-corrected chi connectivity index (χ1v) is 12.4. The number of thioether (sulfide) groups is 1. The number of hydrogen-bond acceptors (Lipinski definition) is 1. The Balaban J connectivity index is 1.52. The molecule has 1 heterocycles. The third-order valence-electron chi connectivity index (χ3n) is 6.41. The molecular weight excluding hydrogens is 492 g/mol. The Kier molecular flexibility index (Phi) is 4.77. The van der Waals surface area contributed by atoms with Crippen LogP contribution in [-0.4, -0.2) is 4.16 Å². The lowest BCUT2D eigenvalue weighted by Gasteiger charge is -2.16. The molecule has 1 aliphatic heterocycles. The second kappa shape index (κ2) is 7.04. The van der Waals surface area contributed by atoms with Crippen molar-refractivity contribution in [2.75, 3.05) is 0 Å². The molecule has 3 aliphatic rings. The Hall–Kier alpha value is -1.03. The molecule has 0 aromatic heterocycles. The van der Waals surface area contributed by atoms with E-state index in [1.807, 2.05) is 11.8 Å². The Bertz CT molecular complexity index is 1200. The van der Waals surface area contributed by atoms with E-state index in [9.17, 15) is 0 Å². The summed E-state index contributed by atoms with van der Waals surface area (Å²) in [4.78, 5) is 1.42. The molecule has 0 spiro atoms. The van der Waals surface area contributed by atoms with E-state index < -0.39 is 0 Å². The normalized spacial score (nSPS) is 21.8. The van der Waals surface area contributed by atoms with Gasteiger partial charge in [-0.05, 0) is 89.6 Å². The van der Waals surface area contributed by atoms with Gasteiger partial charge in [0.1, 0.15) is 0 Å². The summed E-state index contributed by atoms with van der Waals surface area (Å²) in [6.07, 6.45) is 9.41. The summed E-state index contributed by atoms with van der Waals surface area (Å²) in [6, 6.07) is 9.05. The molecule has 0 saturated carbocycles. The van der Waals surface area contributed by atoms with Crippen LogP contribution in [0.3, 0.4) is 0 Å². The number of hydrogen-bond donors (Lipinski definition) is 0. The Morgan fingerprint density at radius 2 is 1.89 bits per heavy atom. The molecule has 0 fully saturated rings. The van der Waals surface area contributed by atoms with Crippen LogP contribution in [0.15, 0.2) is 44.8 Å². The zero-order valence-electron chi connectivity index (χ0n) is 16.3. The van der Waals surface area contributed by atoms with Crippen molar-refractivity contribution in [1.29, 1.82) is 0 Å². The van der Waals surface area contributed by atoms with Crippen molar-refractivity contribution in [1.82, 2.24) is 0 Å². The lowest BCUT2D eigenvalue weighted by molar-refractivity contribution is 0.733. The van der Waals surface area contributed by atoms with Crippen molar-refractivity contribution < 1.29 is 0 Å². The first kappa shape index (κ1) is 19.0. The van der Waals surface area contributed by atoms with Crippen molar-refractivity contribution >= 4 is 67.4 Å². The maximum absolute atomic E-state index is 3.75. The third-order valence-corrected chi connectivity index (χ3v) is 8.87. The van der Waals surface area contributed by atoms with Crippen LogP contribution >= 0.6 is 43.6 Å². The number of alkyl halides is 1. The highest BCUT2D eigenvalue weighted by molar-refractivity contribution is 9.11. The Morgan fingerprint density at radius 1 is 1.07 bits per heavy atom. The summed E-state index contributed by atoms with van der Waals surface area (Å²) in [5.74, 6) is 0.530. The summed E-state index contributed by atoms with van der Waals surface area (Å²) in [5, 5.41) is 2.88. The molecule has 2 unspecified atom stereocenters. The van der Waals surface area contributed by atoms with E-state index in [0.717, 1.165) is 6.42 Å². The van der Waals surface area contributed by atoms with Gasteiger partial charge in [0, 0.05) is 15.3 Å². The van der Waals surface area contributed by atoms with Crippen molar-refractivity contribution in [3.8, 4) is 0 Å². The van der Waals surface area contributed by atoms with Gasteiger partial charge in [0.05, 0.1) is 4.16 Å². The zero-order chi connectivity index (χ0) is 19.6. The number of rotatable bonds is 3. The molecule has 0 saturated heterocycles. The molecule has 28 heavy (non-hydrogen) atoms. The van der Waals surface area contributed by atoms with E-state index in [2.05, 4.69) is 95.1 Å². The first-order valence-electron chi connectivity index (χ1n) is 9.78. The number of halogens is 2. The molecule has 0 bridgehead atoms. The molecule has 0 amide bonds. The topological polar surface area (TPSA) is 0 Å². The van der Waals surface area contributed by atoms with Crippen molar-refractivity contribution in [3.05, 3.63) is 72.6 Å². The summed E-state index contributed by atoms with van der Waals surface area (Å²) < 4.78 is 1.61. The van der Waals surface area contributed by atoms with Gasteiger partial charge in [-0.3, -0.25) is 0 Å². The lowest BCUT2D eigenvalue weighted by atomic mass is 9.89. The molecule has 0 N–H and O–H groups in total. The fraction of sp³-hybridized carbons (Fsp3) is 0.280. The number of fused-ring (bicyclic) bond motifs is 3. The first-order chi connectivity index (χ1) is 13.4. The maximum Gasteiger partial charge on any atom is 0.0836 e. The minimum atomic E-state index is 0.401. The Labute approximate surface area is 187 Å². The molecule has 142 valence electrons. The van der Waals surface area contributed by atoms with Crippen LogP contribution in [0.2, 0.25) is 0 Å². The largest absolute Gasteiger partial charge is 0.106 e. The standard InChI is InChI=1S/C25H22Br2S/c1-13-9-19-15(3)20-12-25(27)28-24(20)11-21(19)17(13)8-7-16-14(2)10-22-18(16)5-4-6-23(22)26/h4-6,9-12,16,25H,7-8H2,1-3H3. The van der Waals surface area contributed by atoms with E-state index in [4.69, 9.17) is 0 Å². The lowest BCUT2D eigenvalue weighted by Crippen LogP contribution is -2.18. The van der Waals surface area contributed by atoms with Gasteiger partial charge < -0.3 is 0 Å². The average Bonchev–Trinajstić information content (AvgIpc) is 3.28. The zero-order valence-corrected chi connectivity index (χ0v) is 20.3. The van der Waals surface area contributed by atoms with Gasteiger partial charge in [0.25, 0.3) is 0 Å². The highest BCUT2D eigenvalue weighted by Gasteiger charge is 2.25. The quantitative estimate of drug-likeness (QED) is 0.401. The van der Waals surface area contributed by atoms with Gasteiger partial charge in [0.2, 0.25) is 0 Å². The van der Waals surface area contributed by atoms with Gasteiger partial charge in [0.15, 0.2) is 0 Å². The fourth-order valence-electron chi connectivity index (χ4n) is 4.95. The molecule has 2 aliphatic carbocycles. The molecule has 2 aromatic carbocycles. The van der Waals surface area contributed by atoms with Gasteiger partial charge in [-0.25, -0.2) is 0 Å². The van der Waals surface area contributed by atoms with E-state index in [1.54, 1.807) is 0 Å². The van der Waals surface area contributed by atoms with Crippen LogP contribution < -0.4 is 10.4 Å². The van der Waals surface area contributed by atoms with Crippen LogP contribution in [-0.2, 0) is 0 Å². The number of benzene rings is 2. The predicted octanol–water partition coefficient (Wildman–Crippen LogP) is 6.91. The van der Waals surface area contributed by atoms with E-state index >= 15 is 0 Å². The van der Waals surface area contributed by atoms with Crippen LogP contribution in [0, 0.1) is 6.92 Å². The van der Waals surface area contributed by atoms with Crippen LogP contribution in [0.1, 0.15) is 54.9 Å². The second-order valence-corrected chi connectivity index (χ2v) is 11.7. The third kappa shape index (κ3) is 2.93.